The molecule has 2 atom stereocenters. The Bertz CT molecular complexity index is 998. The zero-order chi connectivity index (χ0) is 43.4. The third kappa shape index (κ3) is 47.7. The van der Waals surface area contributed by atoms with Gasteiger partial charge in [-0.1, -0.05) is 199 Å². The number of nitrogens with zero attached hydrogens (tertiary/aromatic N) is 1. The topological polar surface area (TPSA) is 94.1 Å². The lowest BCUT2D eigenvalue weighted by Crippen LogP contribution is -2.37. The molecule has 350 valence electrons. The number of esters is 1. The van der Waals surface area contributed by atoms with E-state index in [9.17, 15) is 14.3 Å². The number of unbranched alkanes of at least 4 members (excludes halogenated alkanes) is 31. The molecular formula is C50H98NO7P. The van der Waals surface area contributed by atoms with Crippen LogP contribution in [0.15, 0.2) is 24.5 Å². The molecule has 0 rings (SSSR count). The van der Waals surface area contributed by atoms with Crippen LogP contribution in [-0.4, -0.2) is 64.1 Å². The summed E-state index contributed by atoms with van der Waals surface area (Å²) in [4.78, 5) is 24.9. The van der Waals surface area contributed by atoms with Gasteiger partial charge in [-0.15, -0.1) is 0 Å². The highest BCUT2D eigenvalue weighted by atomic mass is 31.2. The van der Waals surface area contributed by atoms with Crippen LogP contribution in [0.3, 0.4) is 0 Å². The summed E-state index contributed by atoms with van der Waals surface area (Å²) in [5.74, 6) is -0.289. The summed E-state index contributed by atoms with van der Waals surface area (Å²) < 4.78 is 34.5. The molecule has 0 aromatic heterocycles. The normalized spacial score (nSPS) is 13.7. The summed E-state index contributed by atoms with van der Waals surface area (Å²) in [6.45, 7) is 4.74. The molecular weight excluding hydrogens is 758 g/mol. The first kappa shape index (κ1) is 57.8. The van der Waals surface area contributed by atoms with Gasteiger partial charge in [-0.3, -0.25) is 9.36 Å². The van der Waals surface area contributed by atoms with E-state index in [4.69, 9.17) is 18.5 Å². The molecule has 0 aliphatic heterocycles. The molecule has 0 N–H and O–H groups in total. The molecule has 0 aromatic carbocycles. The first-order valence-corrected chi connectivity index (χ1v) is 26.6. The fourth-order valence-electron chi connectivity index (χ4n) is 7.12. The number of carbonyl (C=O) groups is 1. The molecule has 8 nitrogen and oxygen atoms in total. The second kappa shape index (κ2) is 43.5. The number of quaternary nitrogens is 1. The van der Waals surface area contributed by atoms with Gasteiger partial charge in [0.2, 0.25) is 0 Å². The van der Waals surface area contributed by atoms with Crippen LogP contribution in [0.4, 0.5) is 0 Å². The lowest BCUT2D eigenvalue weighted by Gasteiger charge is -2.28. The van der Waals surface area contributed by atoms with Gasteiger partial charge in [0.25, 0.3) is 7.82 Å². The van der Waals surface area contributed by atoms with E-state index in [0.717, 1.165) is 32.1 Å². The zero-order valence-corrected chi connectivity index (χ0v) is 40.6. The predicted octanol–water partition coefficient (Wildman–Crippen LogP) is 14.9. The van der Waals surface area contributed by atoms with E-state index in [1.54, 1.807) is 6.26 Å². The Balaban J connectivity index is 4.15. The van der Waals surface area contributed by atoms with Crippen molar-refractivity contribution < 1.29 is 37.3 Å². The zero-order valence-electron chi connectivity index (χ0n) is 39.7. The maximum absolute atomic E-state index is 12.5. The third-order valence-electron chi connectivity index (χ3n) is 11.1. The van der Waals surface area contributed by atoms with Crippen molar-refractivity contribution in [1.82, 2.24) is 0 Å². The summed E-state index contributed by atoms with van der Waals surface area (Å²) in [7, 11) is 1.37. The van der Waals surface area contributed by atoms with Crippen molar-refractivity contribution in [1.29, 1.82) is 0 Å². The molecule has 0 aliphatic rings. The standard InChI is InChI=1S/C50H98NO7P/c1-6-8-10-12-14-16-18-20-22-24-25-26-27-28-29-31-33-35-37-39-41-43-50(52)56-47-49(48-58-59(53,54)57-46-44-51(3,4)5)55-45-42-40-38-36-34-32-30-23-21-19-17-15-13-11-9-7-2/h20,22,42,45,49H,6-19,21,23-41,43-44,46-48H2,1-5H3/b22-20-,45-42-. The van der Waals surface area contributed by atoms with Crippen LogP contribution in [0.5, 0.6) is 0 Å². The van der Waals surface area contributed by atoms with Crippen LogP contribution in [-0.2, 0) is 27.9 Å². The molecule has 0 saturated carbocycles. The van der Waals surface area contributed by atoms with E-state index in [1.807, 2.05) is 27.2 Å². The van der Waals surface area contributed by atoms with Gasteiger partial charge >= 0.3 is 5.97 Å². The monoisotopic (exact) mass is 856 g/mol. The minimum Gasteiger partial charge on any atom is -0.756 e. The van der Waals surface area contributed by atoms with Gasteiger partial charge in [0.15, 0.2) is 6.10 Å². The minimum atomic E-state index is -4.52. The Hall–Kier alpha value is -1.18. The Morgan fingerprint density at radius 2 is 0.898 bits per heavy atom. The lowest BCUT2D eigenvalue weighted by molar-refractivity contribution is -0.870. The van der Waals surface area contributed by atoms with Crippen molar-refractivity contribution in [3.63, 3.8) is 0 Å². The van der Waals surface area contributed by atoms with E-state index in [1.165, 1.54) is 186 Å². The number of allylic oxidation sites excluding steroid dienone is 3. The highest BCUT2D eigenvalue weighted by Crippen LogP contribution is 2.38. The molecule has 0 radical (unpaired) electrons. The van der Waals surface area contributed by atoms with Crippen molar-refractivity contribution in [2.24, 2.45) is 0 Å². The van der Waals surface area contributed by atoms with E-state index in [2.05, 4.69) is 26.0 Å². The minimum absolute atomic E-state index is 0.0293. The Labute approximate surface area is 366 Å². The highest BCUT2D eigenvalue weighted by molar-refractivity contribution is 7.45. The number of hydrogen-bond acceptors (Lipinski definition) is 7. The highest BCUT2D eigenvalue weighted by Gasteiger charge is 2.19. The first-order valence-electron chi connectivity index (χ1n) is 25.1. The van der Waals surface area contributed by atoms with Gasteiger partial charge in [0.1, 0.15) is 19.8 Å². The number of rotatable bonds is 47. The Morgan fingerprint density at radius 1 is 0.525 bits per heavy atom. The lowest BCUT2D eigenvalue weighted by atomic mass is 10.0. The summed E-state index contributed by atoms with van der Waals surface area (Å²) in [6, 6.07) is 0. The Kier molecular flexibility index (Phi) is 42.6. The average molecular weight is 856 g/mol. The summed E-state index contributed by atoms with van der Waals surface area (Å²) in [5.41, 5.74) is 0. The molecule has 0 aliphatic carbocycles. The van der Waals surface area contributed by atoms with Crippen LogP contribution < -0.4 is 4.89 Å². The molecule has 9 heteroatoms. The number of phosphoric ester groups is 1. The number of carbonyl (C=O) groups excluding carboxylic acids is 1. The number of ether oxygens (including phenoxy) is 2. The average Bonchev–Trinajstić information content (AvgIpc) is 3.19. The van der Waals surface area contributed by atoms with E-state index >= 15 is 0 Å². The quantitative estimate of drug-likeness (QED) is 0.0150. The van der Waals surface area contributed by atoms with Crippen molar-refractivity contribution in [2.45, 2.75) is 245 Å². The molecule has 0 saturated heterocycles. The number of likely N-dealkylation sites (N-methyl/N-ethyl adjacent to an activating group) is 1. The number of hydrogen-bond donors (Lipinski definition) is 0. The SMILES string of the molecule is CCCCCCCC/C=C\CCCCCCCCCCCCCC(=O)OCC(COP(=O)([O-])OCC[N+](C)(C)C)O/C=C\CCCCCCCCCCCCCCCC. The maximum Gasteiger partial charge on any atom is 0.305 e. The van der Waals surface area contributed by atoms with Gasteiger partial charge in [-0.25, -0.2) is 0 Å². The molecule has 0 aromatic rings. The van der Waals surface area contributed by atoms with Gasteiger partial charge in [-0.2, -0.15) is 0 Å². The third-order valence-corrected chi connectivity index (χ3v) is 12.1. The maximum atomic E-state index is 12.5. The second-order valence-electron chi connectivity index (χ2n) is 18.2. The predicted molar refractivity (Wildman–Crippen MR) is 249 cm³/mol. The smallest absolute Gasteiger partial charge is 0.305 e. The molecule has 2 unspecified atom stereocenters. The van der Waals surface area contributed by atoms with Gasteiger partial charge in [0, 0.05) is 6.42 Å². The van der Waals surface area contributed by atoms with E-state index < -0.39 is 13.9 Å². The molecule has 0 spiro atoms. The summed E-state index contributed by atoms with van der Waals surface area (Å²) in [6.07, 6.45) is 51.6. The van der Waals surface area contributed by atoms with E-state index in [0.29, 0.717) is 17.4 Å². The Morgan fingerprint density at radius 3 is 1.31 bits per heavy atom. The summed E-state index contributed by atoms with van der Waals surface area (Å²) in [5, 5.41) is 0. The largest absolute Gasteiger partial charge is 0.756 e. The van der Waals surface area contributed by atoms with Crippen molar-refractivity contribution >= 4 is 13.8 Å². The van der Waals surface area contributed by atoms with Crippen molar-refractivity contribution in [2.75, 3.05) is 47.5 Å². The fourth-order valence-corrected chi connectivity index (χ4v) is 7.84. The molecule has 0 amide bonds. The molecule has 0 bridgehead atoms. The van der Waals surface area contributed by atoms with Crippen molar-refractivity contribution in [3.05, 3.63) is 24.5 Å². The van der Waals surface area contributed by atoms with Gasteiger partial charge in [-0.05, 0) is 51.0 Å². The van der Waals surface area contributed by atoms with Gasteiger partial charge < -0.3 is 27.9 Å². The second-order valence-corrected chi connectivity index (χ2v) is 19.7. The summed E-state index contributed by atoms with van der Waals surface area (Å²) >= 11 is 0. The fraction of sp³-hybridized carbons (Fsp3) is 0.900. The van der Waals surface area contributed by atoms with Crippen LogP contribution >= 0.6 is 7.82 Å². The first-order chi connectivity index (χ1) is 28.6. The van der Waals surface area contributed by atoms with Crippen LogP contribution in [0, 0.1) is 0 Å². The molecule has 59 heavy (non-hydrogen) atoms. The van der Waals surface area contributed by atoms with E-state index in [-0.39, 0.29) is 25.8 Å². The van der Waals surface area contributed by atoms with Crippen LogP contribution in [0.2, 0.25) is 0 Å². The van der Waals surface area contributed by atoms with Crippen LogP contribution in [0.1, 0.15) is 239 Å². The molecule has 0 fully saturated rings. The van der Waals surface area contributed by atoms with Crippen LogP contribution in [0.25, 0.3) is 0 Å². The van der Waals surface area contributed by atoms with Crippen molar-refractivity contribution in [3.8, 4) is 0 Å². The van der Waals surface area contributed by atoms with Gasteiger partial charge in [0.05, 0.1) is 34.0 Å². The number of phosphoric acid groups is 1. The molecule has 0 heterocycles.